The van der Waals surface area contributed by atoms with Crippen molar-refractivity contribution in [2.24, 2.45) is 0 Å². The van der Waals surface area contributed by atoms with E-state index in [-0.39, 0.29) is 18.3 Å². The normalized spacial score (nSPS) is 12.4. The highest BCUT2D eigenvalue weighted by atomic mass is 79.9. The van der Waals surface area contributed by atoms with E-state index in [4.69, 9.17) is 4.74 Å². The van der Waals surface area contributed by atoms with Crippen molar-refractivity contribution in [1.82, 2.24) is 9.97 Å². The fraction of sp³-hybridized carbons (Fsp3) is 0.0870. The standard InChI is InChI=1S/C23H16BrN3O3/c24-13-9-10-18-20(11-13)25-22(28)26-21(18)27-23(29)30-12-19-16-7-3-1-5-14(16)15-6-2-4-8-17(15)19/h1-11,19H,12H2,(H2,25,26,27,28,29). The molecule has 1 heterocycles. The maximum absolute atomic E-state index is 12.5. The number of halogens is 1. The highest BCUT2D eigenvalue weighted by Gasteiger charge is 2.29. The van der Waals surface area contributed by atoms with Crippen molar-refractivity contribution in [1.29, 1.82) is 0 Å². The summed E-state index contributed by atoms with van der Waals surface area (Å²) in [5.74, 6) is 0.126. The van der Waals surface area contributed by atoms with Crippen LogP contribution < -0.4 is 11.0 Å². The maximum atomic E-state index is 12.5. The molecule has 2 N–H and O–H groups in total. The largest absolute Gasteiger partial charge is 0.448 e. The summed E-state index contributed by atoms with van der Waals surface area (Å²) in [4.78, 5) is 30.9. The van der Waals surface area contributed by atoms with E-state index in [1.165, 1.54) is 0 Å². The second-order valence-electron chi connectivity index (χ2n) is 7.03. The molecule has 5 rings (SSSR count). The molecule has 0 fully saturated rings. The highest BCUT2D eigenvalue weighted by molar-refractivity contribution is 9.10. The third kappa shape index (κ3) is 3.27. The van der Waals surface area contributed by atoms with Crippen LogP contribution in [0, 0.1) is 0 Å². The van der Waals surface area contributed by atoms with Crippen LogP contribution in [0.2, 0.25) is 0 Å². The van der Waals surface area contributed by atoms with E-state index >= 15 is 0 Å². The molecule has 0 aliphatic heterocycles. The first-order valence-corrected chi connectivity index (χ1v) is 10.2. The van der Waals surface area contributed by atoms with E-state index in [0.29, 0.717) is 10.9 Å². The molecule has 4 aromatic rings. The molecule has 1 aromatic heterocycles. The zero-order chi connectivity index (χ0) is 20.7. The number of benzene rings is 3. The second kappa shape index (κ2) is 7.42. The van der Waals surface area contributed by atoms with E-state index in [9.17, 15) is 9.59 Å². The minimum Gasteiger partial charge on any atom is -0.448 e. The fourth-order valence-electron chi connectivity index (χ4n) is 3.96. The first-order chi connectivity index (χ1) is 14.6. The van der Waals surface area contributed by atoms with Gasteiger partial charge in [-0.3, -0.25) is 5.32 Å². The molecule has 1 aliphatic rings. The highest BCUT2D eigenvalue weighted by Crippen LogP contribution is 2.44. The van der Waals surface area contributed by atoms with Gasteiger partial charge in [0.15, 0.2) is 5.82 Å². The Morgan fingerprint density at radius 2 is 1.70 bits per heavy atom. The fourth-order valence-corrected chi connectivity index (χ4v) is 4.32. The number of H-pyrrole nitrogens is 1. The molecule has 0 saturated carbocycles. The first-order valence-electron chi connectivity index (χ1n) is 9.42. The van der Waals surface area contributed by atoms with Crippen LogP contribution in [0.1, 0.15) is 17.0 Å². The van der Waals surface area contributed by atoms with E-state index in [2.05, 4.69) is 55.5 Å². The molecule has 0 spiro atoms. The smallest absolute Gasteiger partial charge is 0.412 e. The molecule has 30 heavy (non-hydrogen) atoms. The van der Waals surface area contributed by atoms with Gasteiger partial charge in [-0.1, -0.05) is 64.5 Å². The van der Waals surface area contributed by atoms with Crippen LogP contribution >= 0.6 is 15.9 Å². The molecule has 0 saturated heterocycles. The number of hydrogen-bond donors (Lipinski definition) is 2. The number of nitrogens with zero attached hydrogens (tertiary/aromatic N) is 1. The quantitative estimate of drug-likeness (QED) is 0.447. The molecular weight excluding hydrogens is 446 g/mol. The van der Waals surface area contributed by atoms with Crippen LogP contribution in [0.5, 0.6) is 0 Å². The molecule has 1 amide bonds. The Morgan fingerprint density at radius 1 is 1.03 bits per heavy atom. The third-order valence-electron chi connectivity index (χ3n) is 5.26. The van der Waals surface area contributed by atoms with Crippen molar-refractivity contribution < 1.29 is 9.53 Å². The predicted molar refractivity (Wildman–Crippen MR) is 119 cm³/mol. The first kappa shape index (κ1) is 18.6. The van der Waals surface area contributed by atoms with E-state index in [1.807, 2.05) is 30.3 Å². The molecule has 0 bridgehead atoms. The van der Waals surface area contributed by atoms with Gasteiger partial charge in [-0.25, -0.2) is 9.59 Å². The van der Waals surface area contributed by atoms with Crippen LogP contribution in [0.15, 0.2) is 76.0 Å². The average molecular weight is 462 g/mol. The Labute approximate surface area is 180 Å². The number of aromatic nitrogens is 2. The Balaban J connectivity index is 1.38. The number of ether oxygens (including phenoxy) is 1. The molecular formula is C23H16BrN3O3. The number of fused-ring (bicyclic) bond motifs is 4. The van der Waals surface area contributed by atoms with Gasteiger partial charge in [0.25, 0.3) is 0 Å². The minimum atomic E-state index is -0.654. The van der Waals surface area contributed by atoms with Crippen molar-refractivity contribution in [3.05, 3.63) is 92.8 Å². The van der Waals surface area contributed by atoms with E-state index in [1.54, 1.807) is 12.1 Å². The Bertz CT molecular complexity index is 1300. The monoisotopic (exact) mass is 461 g/mol. The topological polar surface area (TPSA) is 84.1 Å². The third-order valence-corrected chi connectivity index (χ3v) is 5.75. The summed E-state index contributed by atoms with van der Waals surface area (Å²) in [5, 5.41) is 3.23. The van der Waals surface area contributed by atoms with Gasteiger partial charge in [0.05, 0.1) is 5.52 Å². The summed E-state index contributed by atoms with van der Waals surface area (Å²) in [6, 6.07) is 21.6. The molecule has 7 heteroatoms. The summed E-state index contributed by atoms with van der Waals surface area (Å²) < 4.78 is 6.35. The molecule has 6 nitrogen and oxygen atoms in total. The molecule has 148 valence electrons. The van der Waals surface area contributed by atoms with Crippen LogP contribution in [0.25, 0.3) is 22.0 Å². The van der Waals surface area contributed by atoms with Crippen molar-refractivity contribution in [3.8, 4) is 11.1 Å². The Hall–Kier alpha value is -3.45. The number of nitrogens with one attached hydrogen (secondary N) is 2. The van der Waals surface area contributed by atoms with Crippen molar-refractivity contribution >= 4 is 38.7 Å². The number of anilines is 1. The number of hydrogen-bond acceptors (Lipinski definition) is 4. The van der Waals surface area contributed by atoms with Crippen molar-refractivity contribution in [3.63, 3.8) is 0 Å². The number of carbonyl (C=O) groups is 1. The zero-order valence-electron chi connectivity index (χ0n) is 15.7. The van der Waals surface area contributed by atoms with Crippen LogP contribution in [0.3, 0.4) is 0 Å². The summed E-state index contributed by atoms with van der Waals surface area (Å²) >= 11 is 3.37. The Kier molecular flexibility index (Phi) is 4.59. The van der Waals surface area contributed by atoms with E-state index < -0.39 is 11.8 Å². The lowest BCUT2D eigenvalue weighted by Crippen LogP contribution is -2.21. The number of aromatic amines is 1. The number of carbonyl (C=O) groups excluding carboxylic acids is 1. The van der Waals surface area contributed by atoms with E-state index in [0.717, 1.165) is 26.7 Å². The van der Waals surface area contributed by atoms with Gasteiger partial charge >= 0.3 is 11.8 Å². The van der Waals surface area contributed by atoms with Gasteiger partial charge in [-0.2, -0.15) is 4.98 Å². The summed E-state index contributed by atoms with van der Waals surface area (Å²) in [6.45, 7) is 0.187. The summed E-state index contributed by atoms with van der Waals surface area (Å²) in [6.07, 6.45) is -0.654. The molecule has 1 aliphatic carbocycles. The van der Waals surface area contributed by atoms with Gasteiger partial charge < -0.3 is 9.72 Å². The lowest BCUT2D eigenvalue weighted by molar-refractivity contribution is 0.158. The predicted octanol–water partition coefficient (Wildman–Crippen LogP) is 5.05. The average Bonchev–Trinajstić information content (AvgIpc) is 3.05. The van der Waals surface area contributed by atoms with Gasteiger partial charge in [0.2, 0.25) is 0 Å². The maximum Gasteiger partial charge on any atom is 0.412 e. The van der Waals surface area contributed by atoms with Crippen molar-refractivity contribution in [2.75, 3.05) is 11.9 Å². The van der Waals surface area contributed by atoms with Crippen LogP contribution in [-0.2, 0) is 4.74 Å². The summed E-state index contributed by atoms with van der Waals surface area (Å²) in [5.41, 5.74) is 4.62. The van der Waals surface area contributed by atoms with Crippen LogP contribution in [-0.4, -0.2) is 22.7 Å². The Morgan fingerprint density at radius 3 is 2.40 bits per heavy atom. The van der Waals surface area contributed by atoms with Crippen LogP contribution in [0.4, 0.5) is 10.6 Å². The van der Waals surface area contributed by atoms with Gasteiger partial charge in [-0.15, -0.1) is 0 Å². The lowest BCUT2D eigenvalue weighted by atomic mass is 9.98. The zero-order valence-corrected chi connectivity index (χ0v) is 17.3. The molecule has 0 atom stereocenters. The lowest BCUT2D eigenvalue weighted by Gasteiger charge is -2.14. The number of rotatable bonds is 3. The van der Waals surface area contributed by atoms with Gasteiger partial charge in [-0.05, 0) is 40.5 Å². The summed E-state index contributed by atoms with van der Waals surface area (Å²) in [7, 11) is 0. The minimum absolute atomic E-state index is 0.0389. The molecule has 0 radical (unpaired) electrons. The molecule has 0 unspecified atom stereocenters. The second-order valence-corrected chi connectivity index (χ2v) is 7.95. The van der Waals surface area contributed by atoms with Gasteiger partial charge in [0, 0.05) is 15.8 Å². The van der Waals surface area contributed by atoms with Gasteiger partial charge in [0.1, 0.15) is 6.61 Å². The SMILES string of the molecule is O=C(Nc1nc(=O)[nH]c2cc(Br)ccc12)OCC1c2ccccc2-c2ccccc21. The van der Waals surface area contributed by atoms with Crippen molar-refractivity contribution in [2.45, 2.75) is 5.92 Å². The molecule has 3 aromatic carbocycles. The number of amides is 1.